The van der Waals surface area contributed by atoms with Gasteiger partial charge in [-0.25, -0.2) is 4.98 Å². The van der Waals surface area contributed by atoms with Crippen LogP contribution in [0.2, 0.25) is 5.15 Å². The standard InChI is InChI=1S/C26H23ClN2O4/c1-15(11-23(30)29-22-9-6-10-28-26(22)27)19-13-20-21(17-7-5-8-18(12-17)31-3)14-33-25(20)16(2)24(19)32-4/h5-14H,1-4H3,(H,29,30)/b15-11+. The summed E-state index contributed by atoms with van der Waals surface area (Å²) in [6.45, 7) is 3.80. The van der Waals surface area contributed by atoms with Gasteiger partial charge in [-0.15, -0.1) is 0 Å². The van der Waals surface area contributed by atoms with E-state index in [1.54, 1.807) is 38.8 Å². The highest BCUT2D eigenvalue weighted by Gasteiger charge is 2.19. The maximum atomic E-state index is 12.7. The van der Waals surface area contributed by atoms with E-state index in [0.717, 1.165) is 44.5 Å². The maximum absolute atomic E-state index is 12.7. The second-order valence-corrected chi connectivity index (χ2v) is 7.86. The summed E-state index contributed by atoms with van der Waals surface area (Å²) in [7, 11) is 3.24. The average molecular weight is 463 g/mol. The minimum Gasteiger partial charge on any atom is -0.497 e. The van der Waals surface area contributed by atoms with E-state index in [1.165, 1.54) is 6.08 Å². The molecule has 1 amide bonds. The number of carbonyl (C=O) groups is 1. The van der Waals surface area contributed by atoms with Crippen molar-refractivity contribution < 1.29 is 18.7 Å². The predicted octanol–water partition coefficient (Wildman–Crippen LogP) is 6.52. The Morgan fingerprint density at radius 1 is 1.15 bits per heavy atom. The van der Waals surface area contributed by atoms with Gasteiger partial charge in [0.15, 0.2) is 5.15 Å². The summed E-state index contributed by atoms with van der Waals surface area (Å²) >= 11 is 6.05. The van der Waals surface area contributed by atoms with E-state index in [9.17, 15) is 4.79 Å². The zero-order valence-electron chi connectivity index (χ0n) is 18.7. The number of methoxy groups -OCH3 is 2. The van der Waals surface area contributed by atoms with Crippen LogP contribution in [0, 0.1) is 6.92 Å². The first-order chi connectivity index (χ1) is 15.9. The molecule has 2 aromatic carbocycles. The van der Waals surface area contributed by atoms with E-state index in [-0.39, 0.29) is 11.1 Å². The number of allylic oxidation sites excluding steroid dienone is 1. The highest BCUT2D eigenvalue weighted by atomic mass is 35.5. The highest BCUT2D eigenvalue weighted by molar-refractivity contribution is 6.32. The van der Waals surface area contributed by atoms with Crippen molar-refractivity contribution in [3.05, 3.63) is 77.3 Å². The van der Waals surface area contributed by atoms with Crippen LogP contribution in [-0.2, 0) is 4.79 Å². The second-order valence-electron chi connectivity index (χ2n) is 7.50. The molecule has 0 atom stereocenters. The number of carbonyl (C=O) groups excluding carboxylic acids is 1. The van der Waals surface area contributed by atoms with Gasteiger partial charge in [-0.2, -0.15) is 0 Å². The van der Waals surface area contributed by atoms with Crippen LogP contribution in [0.5, 0.6) is 11.5 Å². The number of hydrogen-bond acceptors (Lipinski definition) is 5. The SMILES string of the molecule is COc1cccc(-c2coc3c(C)c(OC)c(/C(C)=C/C(=O)Nc4cccnc4Cl)cc23)c1. The Morgan fingerprint density at radius 2 is 1.97 bits per heavy atom. The van der Waals surface area contributed by atoms with Crippen LogP contribution in [0.3, 0.4) is 0 Å². The third-order valence-electron chi connectivity index (χ3n) is 5.42. The lowest BCUT2D eigenvalue weighted by Crippen LogP contribution is -2.09. The third-order valence-corrected chi connectivity index (χ3v) is 5.72. The van der Waals surface area contributed by atoms with Gasteiger partial charge in [0, 0.05) is 34.3 Å². The molecule has 0 aliphatic rings. The van der Waals surface area contributed by atoms with Crippen molar-refractivity contribution in [2.24, 2.45) is 0 Å². The molecule has 2 heterocycles. The van der Waals surface area contributed by atoms with Crippen molar-refractivity contribution in [1.29, 1.82) is 0 Å². The minimum absolute atomic E-state index is 0.230. The van der Waals surface area contributed by atoms with Crippen molar-refractivity contribution in [2.45, 2.75) is 13.8 Å². The number of aromatic nitrogens is 1. The Morgan fingerprint density at radius 3 is 2.70 bits per heavy atom. The van der Waals surface area contributed by atoms with E-state index in [0.29, 0.717) is 11.4 Å². The summed E-state index contributed by atoms with van der Waals surface area (Å²) in [5.74, 6) is 1.09. The van der Waals surface area contributed by atoms with Crippen LogP contribution in [-0.4, -0.2) is 25.1 Å². The van der Waals surface area contributed by atoms with Crippen LogP contribution in [0.1, 0.15) is 18.1 Å². The Labute approximate surface area is 196 Å². The number of halogens is 1. The molecular weight excluding hydrogens is 440 g/mol. The number of hydrogen-bond donors (Lipinski definition) is 1. The lowest BCUT2D eigenvalue weighted by atomic mass is 9.96. The van der Waals surface area contributed by atoms with Crippen LogP contribution < -0.4 is 14.8 Å². The summed E-state index contributed by atoms with van der Waals surface area (Å²) < 4.78 is 17.0. The van der Waals surface area contributed by atoms with Gasteiger partial charge in [-0.05, 0) is 55.3 Å². The smallest absolute Gasteiger partial charge is 0.248 e. The molecule has 0 saturated heterocycles. The first-order valence-electron chi connectivity index (χ1n) is 10.3. The number of aryl methyl sites for hydroxylation is 1. The molecule has 33 heavy (non-hydrogen) atoms. The molecule has 0 spiro atoms. The van der Waals surface area contributed by atoms with Crippen LogP contribution in [0.15, 0.2) is 65.4 Å². The predicted molar refractivity (Wildman–Crippen MR) is 131 cm³/mol. The summed E-state index contributed by atoms with van der Waals surface area (Å²) in [6.07, 6.45) is 4.80. The number of ether oxygens (including phenoxy) is 2. The number of anilines is 1. The lowest BCUT2D eigenvalue weighted by Gasteiger charge is -2.13. The van der Waals surface area contributed by atoms with Gasteiger partial charge >= 0.3 is 0 Å². The fourth-order valence-corrected chi connectivity index (χ4v) is 3.98. The van der Waals surface area contributed by atoms with Crippen molar-refractivity contribution in [3.8, 4) is 22.6 Å². The average Bonchev–Trinajstić information content (AvgIpc) is 3.25. The molecule has 168 valence electrons. The van der Waals surface area contributed by atoms with E-state index in [1.807, 2.05) is 44.2 Å². The quantitative estimate of drug-likeness (QED) is 0.261. The monoisotopic (exact) mass is 462 g/mol. The van der Waals surface area contributed by atoms with Crippen LogP contribution >= 0.6 is 11.6 Å². The lowest BCUT2D eigenvalue weighted by molar-refractivity contribution is -0.111. The number of rotatable bonds is 6. The fourth-order valence-electron chi connectivity index (χ4n) is 3.81. The maximum Gasteiger partial charge on any atom is 0.248 e. The zero-order valence-corrected chi connectivity index (χ0v) is 19.5. The van der Waals surface area contributed by atoms with Crippen molar-refractivity contribution in [2.75, 3.05) is 19.5 Å². The summed E-state index contributed by atoms with van der Waals surface area (Å²) in [4.78, 5) is 16.6. The molecular formula is C26H23ClN2O4. The summed E-state index contributed by atoms with van der Waals surface area (Å²) in [5.41, 5.74) is 5.44. The van der Waals surface area contributed by atoms with E-state index < -0.39 is 0 Å². The molecule has 6 nitrogen and oxygen atoms in total. The minimum atomic E-state index is -0.317. The van der Waals surface area contributed by atoms with Gasteiger partial charge in [-0.3, -0.25) is 4.79 Å². The molecule has 0 aliphatic heterocycles. The largest absolute Gasteiger partial charge is 0.497 e. The van der Waals surface area contributed by atoms with Gasteiger partial charge in [0.2, 0.25) is 5.91 Å². The Hall–Kier alpha value is -3.77. The first-order valence-corrected chi connectivity index (χ1v) is 10.6. The fraction of sp³-hybridized carbons (Fsp3) is 0.154. The van der Waals surface area contributed by atoms with E-state index in [4.69, 9.17) is 25.5 Å². The Balaban J connectivity index is 1.78. The van der Waals surface area contributed by atoms with Crippen molar-refractivity contribution in [1.82, 2.24) is 4.98 Å². The molecule has 4 aromatic rings. The van der Waals surface area contributed by atoms with Gasteiger partial charge in [0.1, 0.15) is 17.1 Å². The number of nitrogens with one attached hydrogen (secondary N) is 1. The Bertz CT molecular complexity index is 1370. The number of nitrogens with zero attached hydrogens (tertiary/aromatic N) is 1. The zero-order chi connectivity index (χ0) is 23.5. The van der Waals surface area contributed by atoms with Gasteiger partial charge < -0.3 is 19.2 Å². The molecule has 0 unspecified atom stereocenters. The molecule has 4 rings (SSSR count). The first kappa shape index (κ1) is 22.4. The van der Waals surface area contributed by atoms with Crippen molar-refractivity contribution in [3.63, 3.8) is 0 Å². The Kier molecular flexibility index (Phi) is 6.38. The number of fused-ring (bicyclic) bond motifs is 1. The number of benzene rings is 2. The molecule has 0 saturated carbocycles. The van der Waals surface area contributed by atoms with Gasteiger partial charge in [-0.1, -0.05) is 23.7 Å². The summed E-state index contributed by atoms with van der Waals surface area (Å²) in [5, 5.41) is 3.91. The molecule has 1 N–H and O–H groups in total. The van der Waals surface area contributed by atoms with E-state index in [2.05, 4.69) is 10.3 Å². The van der Waals surface area contributed by atoms with Gasteiger partial charge in [0.05, 0.1) is 26.2 Å². The van der Waals surface area contributed by atoms with Crippen LogP contribution in [0.4, 0.5) is 5.69 Å². The van der Waals surface area contributed by atoms with Crippen LogP contribution in [0.25, 0.3) is 27.7 Å². The second kappa shape index (κ2) is 9.38. The summed E-state index contributed by atoms with van der Waals surface area (Å²) in [6, 6.07) is 13.2. The highest BCUT2D eigenvalue weighted by Crippen LogP contribution is 2.41. The molecule has 0 aliphatic carbocycles. The third kappa shape index (κ3) is 4.43. The molecule has 7 heteroatoms. The topological polar surface area (TPSA) is 73.6 Å². The number of pyridine rings is 1. The van der Waals surface area contributed by atoms with Crippen molar-refractivity contribution >= 4 is 39.7 Å². The van der Waals surface area contributed by atoms with E-state index >= 15 is 0 Å². The molecule has 0 bridgehead atoms. The number of furan rings is 1. The normalized spacial score (nSPS) is 11.5. The van der Waals surface area contributed by atoms with Gasteiger partial charge in [0.25, 0.3) is 0 Å². The number of amides is 1. The molecule has 0 fully saturated rings. The molecule has 0 radical (unpaired) electrons. The molecule has 2 aromatic heterocycles.